The molecule has 0 spiro atoms. The van der Waals surface area contributed by atoms with Crippen molar-refractivity contribution in [1.82, 2.24) is 20.0 Å². The predicted molar refractivity (Wildman–Crippen MR) is 81.0 cm³/mol. The topological polar surface area (TPSA) is 85.4 Å². The first-order chi connectivity index (χ1) is 9.97. The van der Waals surface area contributed by atoms with Gasteiger partial charge in [-0.05, 0) is 20.8 Å². The van der Waals surface area contributed by atoms with Crippen molar-refractivity contribution in [2.45, 2.75) is 33.4 Å². The number of aryl methyl sites for hydroxylation is 1. The predicted octanol–water partition coefficient (Wildman–Crippen LogP) is -0.0810. The molecule has 2 heterocycles. The number of amides is 1. The number of hydrogen-bond acceptors (Lipinski definition) is 5. The van der Waals surface area contributed by atoms with Gasteiger partial charge in [-0.3, -0.25) is 14.4 Å². The van der Waals surface area contributed by atoms with Crippen LogP contribution >= 0.6 is 0 Å². The fourth-order valence-electron chi connectivity index (χ4n) is 2.54. The van der Waals surface area contributed by atoms with Crippen molar-refractivity contribution in [2.75, 3.05) is 38.6 Å². The maximum Gasteiger partial charge on any atom is 0.241 e. The molecule has 2 rings (SSSR count). The molecular formula is C14H25N5O2. The Hall–Kier alpha value is -1.60. The summed E-state index contributed by atoms with van der Waals surface area (Å²) in [6, 6.07) is 0.102. The summed E-state index contributed by atoms with van der Waals surface area (Å²) in [5.74, 6) is -0.0404. The van der Waals surface area contributed by atoms with E-state index in [0.717, 1.165) is 44.2 Å². The van der Waals surface area contributed by atoms with Gasteiger partial charge >= 0.3 is 0 Å². The number of aromatic nitrogens is 2. The third-order valence-electron chi connectivity index (χ3n) is 3.77. The Bertz CT molecular complexity index is 494. The van der Waals surface area contributed by atoms with Crippen LogP contribution in [0, 0.1) is 13.8 Å². The minimum Gasteiger partial charge on any atom is -0.396 e. The monoisotopic (exact) mass is 295 g/mol. The van der Waals surface area contributed by atoms with Gasteiger partial charge in [0.25, 0.3) is 0 Å². The van der Waals surface area contributed by atoms with Crippen molar-refractivity contribution in [3.63, 3.8) is 0 Å². The van der Waals surface area contributed by atoms with Crippen LogP contribution in [0.1, 0.15) is 18.3 Å². The fourth-order valence-corrected chi connectivity index (χ4v) is 2.54. The van der Waals surface area contributed by atoms with Gasteiger partial charge in [0, 0.05) is 25.7 Å². The van der Waals surface area contributed by atoms with Gasteiger partial charge in [-0.15, -0.1) is 0 Å². The van der Waals surface area contributed by atoms with Crippen LogP contribution in [0.3, 0.4) is 0 Å². The maximum absolute atomic E-state index is 12.1. The van der Waals surface area contributed by atoms with E-state index in [4.69, 9.17) is 10.5 Å². The van der Waals surface area contributed by atoms with Crippen molar-refractivity contribution in [1.29, 1.82) is 0 Å². The first kappa shape index (κ1) is 15.8. The first-order valence-corrected chi connectivity index (χ1v) is 7.36. The van der Waals surface area contributed by atoms with E-state index in [1.54, 1.807) is 4.68 Å². The molecule has 0 aliphatic carbocycles. The molecular weight excluding hydrogens is 270 g/mol. The van der Waals surface area contributed by atoms with Gasteiger partial charge in [-0.25, -0.2) is 0 Å². The molecule has 1 aromatic rings. The molecule has 21 heavy (non-hydrogen) atoms. The van der Waals surface area contributed by atoms with Gasteiger partial charge in [0.1, 0.15) is 6.54 Å². The van der Waals surface area contributed by atoms with Gasteiger partial charge in [0.15, 0.2) is 0 Å². The van der Waals surface area contributed by atoms with Gasteiger partial charge < -0.3 is 15.8 Å². The zero-order chi connectivity index (χ0) is 15.4. The van der Waals surface area contributed by atoms with Crippen LogP contribution < -0.4 is 11.1 Å². The lowest BCUT2D eigenvalue weighted by Crippen LogP contribution is -2.46. The Morgan fingerprint density at radius 1 is 1.43 bits per heavy atom. The molecule has 1 unspecified atom stereocenters. The number of anilines is 1. The Kier molecular flexibility index (Phi) is 5.19. The Morgan fingerprint density at radius 3 is 2.67 bits per heavy atom. The van der Waals surface area contributed by atoms with Crippen molar-refractivity contribution in [3.05, 3.63) is 11.4 Å². The van der Waals surface area contributed by atoms with E-state index in [1.165, 1.54) is 0 Å². The van der Waals surface area contributed by atoms with E-state index in [2.05, 4.69) is 15.3 Å². The fraction of sp³-hybridized carbons (Fsp3) is 0.714. The number of rotatable bonds is 5. The van der Waals surface area contributed by atoms with E-state index in [9.17, 15) is 4.79 Å². The minimum atomic E-state index is -0.0404. The zero-order valence-electron chi connectivity index (χ0n) is 13.1. The number of morpholine rings is 1. The summed E-state index contributed by atoms with van der Waals surface area (Å²) in [4.78, 5) is 14.4. The van der Waals surface area contributed by atoms with E-state index < -0.39 is 0 Å². The SMILES string of the molecule is Cc1nn(CC(=O)NC(C)CN2CCOCC2)c(C)c1N. The maximum atomic E-state index is 12.1. The van der Waals surface area contributed by atoms with Crippen LogP contribution in [0.5, 0.6) is 0 Å². The third-order valence-corrected chi connectivity index (χ3v) is 3.77. The summed E-state index contributed by atoms with van der Waals surface area (Å²) in [5, 5.41) is 7.29. The molecule has 0 aromatic carbocycles. The summed E-state index contributed by atoms with van der Waals surface area (Å²) in [6.45, 7) is 10.2. The Labute approximate surface area is 125 Å². The number of nitrogen functional groups attached to an aromatic ring is 1. The second-order valence-corrected chi connectivity index (χ2v) is 5.62. The second-order valence-electron chi connectivity index (χ2n) is 5.62. The lowest BCUT2D eigenvalue weighted by atomic mass is 10.3. The van der Waals surface area contributed by atoms with Crippen molar-refractivity contribution in [3.8, 4) is 0 Å². The lowest BCUT2D eigenvalue weighted by molar-refractivity contribution is -0.122. The highest BCUT2D eigenvalue weighted by Gasteiger charge is 2.16. The third kappa shape index (κ3) is 4.18. The lowest BCUT2D eigenvalue weighted by Gasteiger charge is -2.29. The number of carbonyl (C=O) groups is 1. The summed E-state index contributed by atoms with van der Waals surface area (Å²) in [7, 11) is 0. The standard InChI is InChI=1S/C14H25N5O2/c1-10(8-18-4-6-21-7-5-18)16-13(20)9-19-12(3)14(15)11(2)17-19/h10H,4-9,15H2,1-3H3,(H,16,20). The molecule has 1 atom stereocenters. The van der Waals surface area contributed by atoms with Crippen molar-refractivity contribution < 1.29 is 9.53 Å². The molecule has 1 fully saturated rings. The van der Waals surface area contributed by atoms with Crippen molar-refractivity contribution in [2.24, 2.45) is 0 Å². The summed E-state index contributed by atoms with van der Waals surface area (Å²) in [5.41, 5.74) is 8.13. The van der Waals surface area contributed by atoms with Crippen molar-refractivity contribution >= 4 is 11.6 Å². The van der Waals surface area contributed by atoms with E-state index in [1.807, 2.05) is 20.8 Å². The number of ether oxygens (including phenoxy) is 1. The quantitative estimate of drug-likeness (QED) is 0.793. The van der Waals surface area contributed by atoms with E-state index in [0.29, 0.717) is 5.69 Å². The van der Waals surface area contributed by atoms with Crippen LogP contribution in [-0.4, -0.2) is 59.5 Å². The van der Waals surface area contributed by atoms with E-state index >= 15 is 0 Å². The number of hydrogen-bond donors (Lipinski definition) is 2. The average molecular weight is 295 g/mol. The number of nitrogens with two attached hydrogens (primary N) is 1. The van der Waals surface area contributed by atoms with Gasteiger partial charge in [0.2, 0.25) is 5.91 Å². The Morgan fingerprint density at radius 2 is 2.10 bits per heavy atom. The summed E-state index contributed by atoms with van der Waals surface area (Å²) >= 11 is 0. The smallest absolute Gasteiger partial charge is 0.241 e. The average Bonchev–Trinajstić information content (AvgIpc) is 2.67. The molecule has 7 heteroatoms. The molecule has 0 radical (unpaired) electrons. The van der Waals surface area contributed by atoms with Gasteiger partial charge in [-0.1, -0.05) is 0 Å². The highest BCUT2D eigenvalue weighted by atomic mass is 16.5. The normalized spacial score (nSPS) is 17.7. The van der Waals surface area contributed by atoms with E-state index in [-0.39, 0.29) is 18.5 Å². The molecule has 1 amide bonds. The molecule has 1 aliphatic heterocycles. The summed E-state index contributed by atoms with van der Waals surface area (Å²) in [6.07, 6.45) is 0. The Balaban J connectivity index is 1.81. The van der Waals surface area contributed by atoms with Crippen LogP contribution in [0.25, 0.3) is 0 Å². The molecule has 1 saturated heterocycles. The van der Waals surface area contributed by atoms with Gasteiger partial charge in [-0.2, -0.15) is 5.10 Å². The van der Waals surface area contributed by atoms with Crippen LogP contribution in [0.2, 0.25) is 0 Å². The molecule has 7 nitrogen and oxygen atoms in total. The van der Waals surface area contributed by atoms with Crippen LogP contribution in [0.4, 0.5) is 5.69 Å². The highest BCUT2D eigenvalue weighted by Crippen LogP contribution is 2.14. The largest absolute Gasteiger partial charge is 0.396 e. The first-order valence-electron chi connectivity index (χ1n) is 7.36. The summed E-state index contributed by atoms with van der Waals surface area (Å²) < 4.78 is 6.97. The van der Waals surface area contributed by atoms with Crippen LogP contribution in [0.15, 0.2) is 0 Å². The molecule has 3 N–H and O–H groups in total. The van der Waals surface area contributed by atoms with Crippen LogP contribution in [-0.2, 0) is 16.1 Å². The molecule has 118 valence electrons. The number of nitrogens with zero attached hydrogens (tertiary/aromatic N) is 3. The molecule has 0 bridgehead atoms. The minimum absolute atomic E-state index is 0.0404. The highest BCUT2D eigenvalue weighted by molar-refractivity contribution is 5.76. The number of nitrogens with one attached hydrogen (secondary N) is 1. The molecule has 1 aliphatic rings. The number of carbonyl (C=O) groups excluding carboxylic acids is 1. The van der Waals surface area contributed by atoms with Gasteiger partial charge in [0.05, 0.1) is 30.3 Å². The molecule has 1 aromatic heterocycles. The second kappa shape index (κ2) is 6.91. The zero-order valence-corrected chi connectivity index (χ0v) is 13.1. The molecule has 0 saturated carbocycles.